The van der Waals surface area contributed by atoms with Gasteiger partial charge in [0.15, 0.2) is 0 Å². The highest BCUT2D eigenvalue weighted by Crippen LogP contribution is 2.28. The van der Waals surface area contributed by atoms with E-state index in [9.17, 15) is 4.79 Å². The average molecular weight is 307 g/mol. The van der Waals surface area contributed by atoms with Gasteiger partial charge in [0, 0.05) is 10.6 Å². The van der Waals surface area contributed by atoms with Gasteiger partial charge in [-0.1, -0.05) is 30.7 Å². The van der Waals surface area contributed by atoms with E-state index in [0.717, 1.165) is 16.3 Å². The average Bonchev–Trinajstić information content (AvgIpc) is 2.41. The summed E-state index contributed by atoms with van der Waals surface area (Å²) in [6.07, 6.45) is 0. The van der Waals surface area contributed by atoms with Crippen LogP contribution in [0.2, 0.25) is 5.02 Å². The van der Waals surface area contributed by atoms with Crippen LogP contribution in [0.25, 0.3) is 0 Å². The molecule has 5 heteroatoms. The van der Waals surface area contributed by atoms with Crippen molar-refractivity contribution in [2.75, 3.05) is 16.8 Å². The van der Waals surface area contributed by atoms with Crippen LogP contribution in [-0.4, -0.2) is 11.7 Å². The Hall–Kier alpha value is -1.65. The van der Waals surface area contributed by atoms with E-state index in [1.165, 1.54) is 0 Å². The molecule has 0 aliphatic rings. The Morgan fingerprint density at radius 2 is 2.05 bits per heavy atom. The van der Waals surface area contributed by atoms with E-state index < -0.39 is 0 Å². The fourth-order valence-electron chi connectivity index (χ4n) is 1.76. The molecule has 0 unspecified atom stereocenters. The molecule has 0 radical (unpaired) electrons. The zero-order valence-electron chi connectivity index (χ0n) is 11.0. The lowest BCUT2D eigenvalue weighted by Gasteiger charge is -2.11. The fraction of sp³-hybridized carbons (Fsp3) is 0.133. The van der Waals surface area contributed by atoms with Crippen molar-refractivity contribution in [1.29, 1.82) is 0 Å². The van der Waals surface area contributed by atoms with E-state index in [1.807, 2.05) is 24.3 Å². The van der Waals surface area contributed by atoms with Crippen LogP contribution < -0.4 is 11.1 Å². The summed E-state index contributed by atoms with van der Waals surface area (Å²) in [5.41, 5.74) is 7.36. The maximum atomic E-state index is 12.3. The van der Waals surface area contributed by atoms with Crippen molar-refractivity contribution < 1.29 is 4.79 Å². The number of hydrogen-bond donors (Lipinski definition) is 2. The van der Waals surface area contributed by atoms with E-state index in [4.69, 9.17) is 17.3 Å². The first kappa shape index (κ1) is 14.8. The van der Waals surface area contributed by atoms with Crippen LogP contribution in [-0.2, 0) is 0 Å². The topological polar surface area (TPSA) is 55.1 Å². The van der Waals surface area contributed by atoms with Crippen molar-refractivity contribution in [3.63, 3.8) is 0 Å². The van der Waals surface area contributed by atoms with Crippen molar-refractivity contribution >= 4 is 40.6 Å². The molecule has 3 nitrogen and oxygen atoms in total. The molecular formula is C15H15ClN2OS. The number of nitrogens with one attached hydrogen (secondary N) is 1. The minimum atomic E-state index is -0.237. The van der Waals surface area contributed by atoms with Gasteiger partial charge in [-0.2, -0.15) is 0 Å². The number of benzene rings is 2. The normalized spacial score (nSPS) is 10.3. The fourth-order valence-corrected chi connectivity index (χ4v) is 2.79. The van der Waals surface area contributed by atoms with Crippen LogP contribution in [0.5, 0.6) is 0 Å². The van der Waals surface area contributed by atoms with Gasteiger partial charge in [-0.15, -0.1) is 11.8 Å². The Bertz CT molecular complexity index is 631. The zero-order valence-corrected chi connectivity index (χ0v) is 12.6. The Kier molecular flexibility index (Phi) is 4.93. The van der Waals surface area contributed by atoms with Gasteiger partial charge in [0.25, 0.3) is 5.91 Å². The van der Waals surface area contributed by atoms with Gasteiger partial charge in [-0.05, 0) is 36.1 Å². The summed E-state index contributed by atoms with van der Waals surface area (Å²) in [5.74, 6) is 0.703. The molecule has 0 saturated heterocycles. The van der Waals surface area contributed by atoms with E-state index >= 15 is 0 Å². The predicted octanol–water partition coefficient (Wildman–Crippen LogP) is 4.29. The first-order chi connectivity index (χ1) is 9.61. The van der Waals surface area contributed by atoms with Gasteiger partial charge in [-0.3, -0.25) is 4.79 Å². The number of hydrogen-bond acceptors (Lipinski definition) is 3. The highest BCUT2D eigenvalue weighted by atomic mass is 35.5. The van der Waals surface area contributed by atoms with E-state index in [-0.39, 0.29) is 5.91 Å². The maximum Gasteiger partial charge on any atom is 0.257 e. The zero-order chi connectivity index (χ0) is 14.5. The van der Waals surface area contributed by atoms with Crippen molar-refractivity contribution in [3.05, 3.63) is 53.1 Å². The first-order valence-corrected chi connectivity index (χ1v) is 7.56. The third-order valence-electron chi connectivity index (χ3n) is 2.67. The Morgan fingerprint density at radius 3 is 2.75 bits per heavy atom. The third kappa shape index (κ3) is 3.46. The number of anilines is 2. The molecule has 0 aromatic heterocycles. The molecular weight excluding hydrogens is 292 g/mol. The molecule has 0 aliphatic carbocycles. The number of amides is 1. The van der Waals surface area contributed by atoms with Crippen LogP contribution >= 0.6 is 23.4 Å². The molecule has 2 aromatic carbocycles. The summed E-state index contributed by atoms with van der Waals surface area (Å²) in [6.45, 7) is 2.07. The van der Waals surface area contributed by atoms with Gasteiger partial charge in [0.1, 0.15) is 0 Å². The second-order valence-electron chi connectivity index (χ2n) is 4.12. The number of carbonyl (C=O) groups is 1. The van der Waals surface area contributed by atoms with Gasteiger partial charge in [0.2, 0.25) is 0 Å². The SMILES string of the molecule is CCSc1ccccc1NC(=O)c1ccc(N)cc1Cl. The van der Waals surface area contributed by atoms with Crippen LogP contribution in [0.3, 0.4) is 0 Å². The van der Waals surface area contributed by atoms with E-state index in [2.05, 4.69) is 12.2 Å². The first-order valence-electron chi connectivity index (χ1n) is 6.20. The number of para-hydroxylation sites is 1. The molecule has 0 atom stereocenters. The van der Waals surface area contributed by atoms with Gasteiger partial charge in [-0.25, -0.2) is 0 Å². The molecule has 0 bridgehead atoms. The lowest BCUT2D eigenvalue weighted by Crippen LogP contribution is -2.13. The highest BCUT2D eigenvalue weighted by Gasteiger charge is 2.12. The molecule has 1 amide bonds. The summed E-state index contributed by atoms with van der Waals surface area (Å²) in [6, 6.07) is 12.6. The second-order valence-corrected chi connectivity index (χ2v) is 5.84. The molecule has 2 rings (SSSR count). The standard InChI is InChI=1S/C15H15ClN2OS/c1-2-20-14-6-4-3-5-13(14)18-15(19)11-8-7-10(17)9-12(11)16/h3-9H,2,17H2,1H3,(H,18,19). The Morgan fingerprint density at radius 1 is 1.30 bits per heavy atom. The van der Waals surface area contributed by atoms with E-state index in [0.29, 0.717) is 16.3 Å². The highest BCUT2D eigenvalue weighted by molar-refractivity contribution is 7.99. The summed E-state index contributed by atoms with van der Waals surface area (Å²) in [7, 11) is 0. The largest absolute Gasteiger partial charge is 0.399 e. The quantitative estimate of drug-likeness (QED) is 0.654. The maximum absolute atomic E-state index is 12.3. The number of nitrogen functional groups attached to an aromatic ring is 1. The van der Waals surface area contributed by atoms with Crippen molar-refractivity contribution in [2.24, 2.45) is 0 Å². The Balaban J connectivity index is 2.23. The smallest absolute Gasteiger partial charge is 0.257 e. The lowest BCUT2D eigenvalue weighted by atomic mass is 10.2. The van der Waals surface area contributed by atoms with Gasteiger partial charge < -0.3 is 11.1 Å². The minimum Gasteiger partial charge on any atom is -0.399 e. The van der Waals surface area contributed by atoms with Crippen LogP contribution in [0.1, 0.15) is 17.3 Å². The van der Waals surface area contributed by atoms with Crippen LogP contribution in [0.4, 0.5) is 11.4 Å². The Labute approximate surface area is 127 Å². The summed E-state index contributed by atoms with van der Waals surface area (Å²) >= 11 is 7.72. The van der Waals surface area contributed by atoms with Crippen LogP contribution in [0, 0.1) is 0 Å². The third-order valence-corrected chi connectivity index (χ3v) is 3.94. The van der Waals surface area contributed by atoms with E-state index in [1.54, 1.807) is 30.0 Å². The van der Waals surface area contributed by atoms with Crippen LogP contribution in [0.15, 0.2) is 47.4 Å². The number of rotatable bonds is 4. The summed E-state index contributed by atoms with van der Waals surface area (Å²) < 4.78 is 0. The molecule has 0 heterocycles. The van der Waals surface area contributed by atoms with Gasteiger partial charge in [0.05, 0.1) is 16.3 Å². The number of thioether (sulfide) groups is 1. The second kappa shape index (κ2) is 6.68. The molecule has 0 aliphatic heterocycles. The van der Waals surface area contributed by atoms with Crippen molar-refractivity contribution in [1.82, 2.24) is 0 Å². The minimum absolute atomic E-state index is 0.237. The molecule has 3 N–H and O–H groups in total. The molecule has 104 valence electrons. The number of halogens is 1. The van der Waals surface area contributed by atoms with Gasteiger partial charge >= 0.3 is 0 Å². The summed E-state index contributed by atoms with van der Waals surface area (Å²) in [4.78, 5) is 13.3. The summed E-state index contributed by atoms with van der Waals surface area (Å²) in [5, 5.41) is 3.24. The number of nitrogens with two attached hydrogens (primary N) is 1. The number of carbonyl (C=O) groups excluding carboxylic acids is 1. The molecule has 2 aromatic rings. The molecule has 20 heavy (non-hydrogen) atoms. The van der Waals surface area contributed by atoms with Crippen molar-refractivity contribution in [2.45, 2.75) is 11.8 Å². The monoisotopic (exact) mass is 306 g/mol. The lowest BCUT2D eigenvalue weighted by molar-refractivity contribution is 0.102. The molecule has 0 spiro atoms. The predicted molar refractivity (Wildman–Crippen MR) is 86.7 cm³/mol. The molecule has 0 saturated carbocycles. The van der Waals surface area contributed by atoms with Crippen molar-refractivity contribution in [3.8, 4) is 0 Å². The molecule has 0 fully saturated rings.